The van der Waals surface area contributed by atoms with Gasteiger partial charge in [0.2, 0.25) is 0 Å². The highest BCUT2D eigenvalue weighted by Gasteiger charge is 2.11. The van der Waals surface area contributed by atoms with Gasteiger partial charge in [-0.3, -0.25) is 0 Å². The maximum Gasteiger partial charge on any atom is 0.128 e. The lowest BCUT2D eigenvalue weighted by molar-refractivity contribution is 0.386. The molecule has 0 aliphatic carbocycles. The lowest BCUT2D eigenvalue weighted by atomic mass is 10.0. The Kier molecular flexibility index (Phi) is 3.95. The van der Waals surface area contributed by atoms with E-state index in [2.05, 4.69) is 6.07 Å². The monoisotopic (exact) mass is 257 g/mol. The van der Waals surface area contributed by atoms with Crippen molar-refractivity contribution in [2.24, 2.45) is 0 Å². The van der Waals surface area contributed by atoms with Crippen LogP contribution in [0.1, 0.15) is 16.7 Å². The Morgan fingerprint density at radius 3 is 2.47 bits per heavy atom. The predicted octanol–water partition coefficient (Wildman–Crippen LogP) is 3.19. The van der Waals surface area contributed by atoms with E-state index in [9.17, 15) is 0 Å². The molecule has 0 amide bonds. The Bertz CT molecular complexity index is 579. The number of ether oxygens (including phenoxy) is 2. The maximum atomic E-state index is 5.81. The van der Waals surface area contributed by atoms with Crippen LogP contribution in [-0.2, 0) is 6.42 Å². The average molecular weight is 257 g/mol. The molecule has 0 unspecified atom stereocenters. The van der Waals surface area contributed by atoms with Crippen molar-refractivity contribution in [1.29, 1.82) is 0 Å². The van der Waals surface area contributed by atoms with E-state index in [-0.39, 0.29) is 0 Å². The molecule has 0 spiro atoms. The van der Waals surface area contributed by atoms with Crippen LogP contribution in [0.3, 0.4) is 0 Å². The van der Waals surface area contributed by atoms with Crippen LogP contribution in [0.5, 0.6) is 11.5 Å². The van der Waals surface area contributed by atoms with Crippen LogP contribution in [0.15, 0.2) is 36.4 Å². The molecular formula is C16H19NO2. The van der Waals surface area contributed by atoms with Crippen molar-refractivity contribution in [2.45, 2.75) is 13.3 Å². The number of benzene rings is 2. The predicted molar refractivity (Wildman–Crippen MR) is 77.9 cm³/mol. The summed E-state index contributed by atoms with van der Waals surface area (Å²) in [6.45, 7) is 2.00. The van der Waals surface area contributed by atoms with E-state index in [1.807, 2.05) is 37.3 Å². The van der Waals surface area contributed by atoms with E-state index in [0.29, 0.717) is 0 Å². The quantitative estimate of drug-likeness (QED) is 0.855. The highest BCUT2D eigenvalue weighted by molar-refractivity contribution is 5.51. The Morgan fingerprint density at radius 1 is 1.05 bits per heavy atom. The number of methoxy groups -OCH3 is 2. The molecule has 2 aromatic carbocycles. The fourth-order valence-electron chi connectivity index (χ4n) is 2.30. The second-order valence-corrected chi connectivity index (χ2v) is 4.51. The third-order valence-corrected chi connectivity index (χ3v) is 3.21. The van der Waals surface area contributed by atoms with Crippen molar-refractivity contribution in [3.8, 4) is 11.5 Å². The van der Waals surface area contributed by atoms with Crippen LogP contribution >= 0.6 is 0 Å². The zero-order chi connectivity index (χ0) is 13.8. The maximum absolute atomic E-state index is 5.81. The van der Waals surface area contributed by atoms with Gasteiger partial charge < -0.3 is 15.2 Å². The van der Waals surface area contributed by atoms with Crippen molar-refractivity contribution in [2.75, 3.05) is 20.0 Å². The Balaban J connectivity index is 2.37. The van der Waals surface area contributed by atoms with Gasteiger partial charge in [-0.1, -0.05) is 18.2 Å². The van der Waals surface area contributed by atoms with E-state index >= 15 is 0 Å². The molecule has 2 rings (SSSR count). The zero-order valence-corrected chi connectivity index (χ0v) is 11.6. The number of nitrogens with two attached hydrogens (primary N) is 1. The van der Waals surface area contributed by atoms with Gasteiger partial charge in [-0.05, 0) is 36.2 Å². The van der Waals surface area contributed by atoms with Crippen LogP contribution < -0.4 is 15.2 Å². The third-order valence-electron chi connectivity index (χ3n) is 3.21. The van der Waals surface area contributed by atoms with E-state index < -0.39 is 0 Å². The molecule has 3 heteroatoms. The van der Waals surface area contributed by atoms with Gasteiger partial charge in [0, 0.05) is 17.7 Å². The molecule has 2 aromatic rings. The standard InChI is InChI=1S/C16H19NO2/c1-11-15(18-2)8-7-13(16(11)19-3)9-12-5-4-6-14(17)10-12/h4-8,10H,9,17H2,1-3H3. The Morgan fingerprint density at radius 2 is 1.84 bits per heavy atom. The minimum atomic E-state index is 0.779. The fourth-order valence-corrected chi connectivity index (χ4v) is 2.30. The summed E-state index contributed by atoms with van der Waals surface area (Å²) in [5.74, 6) is 1.72. The number of rotatable bonds is 4. The first-order valence-electron chi connectivity index (χ1n) is 6.20. The molecule has 0 saturated heterocycles. The lowest BCUT2D eigenvalue weighted by Crippen LogP contribution is -1.99. The molecule has 0 aliphatic rings. The van der Waals surface area contributed by atoms with Gasteiger partial charge in [0.05, 0.1) is 14.2 Å². The van der Waals surface area contributed by atoms with Gasteiger partial charge in [0.25, 0.3) is 0 Å². The molecule has 3 nitrogen and oxygen atoms in total. The summed E-state index contributed by atoms with van der Waals surface area (Å²) in [6, 6.07) is 11.9. The second-order valence-electron chi connectivity index (χ2n) is 4.51. The molecule has 0 fully saturated rings. The number of hydrogen-bond acceptors (Lipinski definition) is 3. The average Bonchev–Trinajstić information content (AvgIpc) is 2.39. The summed E-state index contributed by atoms with van der Waals surface area (Å²) in [5.41, 5.74) is 9.91. The first-order chi connectivity index (χ1) is 9.15. The van der Waals surface area contributed by atoms with E-state index in [1.165, 1.54) is 5.56 Å². The van der Waals surface area contributed by atoms with Crippen molar-refractivity contribution in [3.05, 3.63) is 53.1 Å². The summed E-state index contributed by atoms with van der Waals surface area (Å²) in [6.07, 6.45) is 0.791. The SMILES string of the molecule is COc1ccc(Cc2cccc(N)c2)c(OC)c1C. The van der Waals surface area contributed by atoms with E-state index in [1.54, 1.807) is 14.2 Å². The highest BCUT2D eigenvalue weighted by atomic mass is 16.5. The molecule has 2 N–H and O–H groups in total. The molecule has 19 heavy (non-hydrogen) atoms. The van der Waals surface area contributed by atoms with Crippen LogP contribution in [0.25, 0.3) is 0 Å². The van der Waals surface area contributed by atoms with Gasteiger partial charge >= 0.3 is 0 Å². The summed E-state index contributed by atoms with van der Waals surface area (Å²) < 4.78 is 10.8. The first-order valence-corrected chi connectivity index (χ1v) is 6.20. The van der Waals surface area contributed by atoms with Gasteiger partial charge in [-0.2, -0.15) is 0 Å². The van der Waals surface area contributed by atoms with Crippen LogP contribution in [-0.4, -0.2) is 14.2 Å². The number of hydrogen-bond donors (Lipinski definition) is 1. The smallest absolute Gasteiger partial charge is 0.128 e. The normalized spacial score (nSPS) is 10.3. The Labute approximate surface area is 114 Å². The molecule has 0 saturated carbocycles. The molecule has 0 aliphatic heterocycles. The van der Waals surface area contributed by atoms with Crippen molar-refractivity contribution in [3.63, 3.8) is 0 Å². The van der Waals surface area contributed by atoms with Crippen LogP contribution in [0.4, 0.5) is 5.69 Å². The van der Waals surface area contributed by atoms with Crippen molar-refractivity contribution >= 4 is 5.69 Å². The Hall–Kier alpha value is -2.16. The summed E-state index contributed by atoms with van der Waals surface area (Å²) in [7, 11) is 3.35. The molecule has 0 heterocycles. The minimum Gasteiger partial charge on any atom is -0.496 e. The zero-order valence-electron chi connectivity index (χ0n) is 11.6. The van der Waals surface area contributed by atoms with E-state index in [4.69, 9.17) is 15.2 Å². The molecule has 0 bridgehead atoms. The van der Waals surface area contributed by atoms with Crippen LogP contribution in [0.2, 0.25) is 0 Å². The summed E-state index contributed by atoms with van der Waals surface area (Å²) in [4.78, 5) is 0. The minimum absolute atomic E-state index is 0.779. The molecule has 0 aromatic heterocycles. The third kappa shape index (κ3) is 2.81. The fraction of sp³-hybridized carbons (Fsp3) is 0.250. The van der Waals surface area contributed by atoms with E-state index in [0.717, 1.165) is 34.7 Å². The summed E-state index contributed by atoms with van der Waals surface area (Å²) in [5, 5.41) is 0. The van der Waals surface area contributed by atoms with Crippen molar-refractivity contribution in [1.82, 2.24) is 0 Å². The van der Waals surface area contributed by atoms with Crippen molar-refractivity contribution < 1.29 is 9.47 Å². The second kappa shape index (κ2) is 5.65. The van der Waals surface area contributed by atoms with Crippen LogP contribution in [0, 0.1) is 6.92 Å². The topological polar surface area (TPSA) is 44.5 Å². The van der Waals surface area contributed by atoms with Gasteiger partial charge in [0.1, 0.15) is 11.5 Å². The van der Waals surface area contributed by atoms with Gasteiger partial charge in [-0.15, -0.1) is 0 Å². The largest absolute Gasteiger partial charge is 0.496 e. The molecule has 0 radical (unpaired) electrons. The number of nitrogen functional groups attached to an aromatic ring is 1. The molecule has 0 atom stereocenters. The van der Waals surface area contributed by atoms with Gasteiger partial charge in [0.15, 0.2) is 0 Å². The summed E-state index contributed by atoms with van der Waals surface area (Å²) >= 11 is 0. The van der Waals surface area contributed by atoms with Gasteiger partial charge in [-0.25, -0.2) is 0 Å². The molecular weight excluding hydrogens is 238 g/mol. The first kappa shape index (κ1) is 13.3. The lowest BCUT2D eigenvalue weighted by Gasteiger charge is -2.14. The molecule has 100 valence electrons. The highest BCUT2D eigenvalue weighted by Crippen LogP contribution is 2.32. The number of anilines is 1.